The van der Waals surface area contributed by atoms with Crippen LogP contribution >= 0.6 is 0 Å². The molecule has 150 valence electrons. The van der Waals surface area contributed by atoms with Crippen LogP contribution in [0.2, 0.25) is 0 Å². The second kappa shape index (κ2) is 8.44. The third-order valence-corrected chi connectivity index (χ3v) is 4.25. The van der Waals surface area contributed by atoms with Crippen molar-refractivity contribution in [3.63, 3.8) is 0 Å². The van der Waals surface area contributed by atoms with Crippen molar-refractivity contribution < 1.29 is 18.7 Å². The molecule has 0 fully saturated rings. The van der Waals surface area contributed by atoms with Gasteiger partial charge >= 0.3 is 0 Å². The lowest BCUT2D eigenvalue weighted by Crippen LogP contribution is -2.13. The molecule has 0 atom stereocenters. The lowest BCUT2D eigenvalue weighted by atomic mass is 10.2. The predicted molar refractivity (Wildman–Crippen MR) is 109 cm³/mol. The molecule has 0 spiro atoms. The summed E-state index contributed by atoms with van der Waals surface area (Å²) in [5.41, 5.74) is 0.763. The minimum Gasteiger partial charge on any atom is -0.497 e. The average molecular weight is 404 g/mol. The number of carbonyl (C=O) groups is 1. The molecule has 8 heteroatoms. The second-order valence-electron chi connectivity index (χ2n) is 6.20. The topological polar surface area (TPSA) is 78.3 Å². The van der Waals surface area contributed by atoms with Gasteiger partial charge in [0.15, 0.2) is 0 Å². The van der Waals surface area contributed by atoms with Gasteiger partial charge in [-0.05, 0) is 60.7 Å². The molecule has 4 aromatic rings. The van der Waals surface area contributed by atoms with Gasteiger partial charge in [0.05, 0.1) is 7.11 Å². The van der Waals surface area contributed by atoms with Gasteiger partial charge in [-0.1, -0.05) is 0 Å². The van der Waals surface area contributed by atoms with Crippen LogP contribution in [-0.4, -0.2) is 27.8 Å². The Balaban J connectivity index is 1.53. The second-order valence-corrected chi connectivity index (χ2v) is 6.20. The molecule has 0 saturated heterocycles. The Bertz CT molecular complexity index is 1160. The highest BCUT2D eigenvalue weighted by Crippen LogP contribution is 2.28. The Kier molecular flexibility index (Phi) is 5.38. The minimum absolute atomic E-state index is 0.155. The van der Waals surface area contributed by atoms with Crippen molar-refractivity contribution in [3.05, 3.63) is 90.6 Å². The first-order chi connectivity index (χ1) is 14.6. The van der Waals surface area contributed by atoms with Crippen molar-refractivity contribution in [2.24, 2.45) is 0 Å². The summed E-state index contributed by atoms with van der Waals surface area (Å²) < 4.78 is 26.7. The fraction of sp³-hybridized carbons (Fsp3) is 0.0455. The number of nitrogens with one attached hydrogen (secondary N) is 1. The van der Waals surface area contributed by atoms with Gasteiger partial charge < -0.3 is 14.8 Å². The van der Waals surface area contributed by atoms with Gasteiger partial charge in [0.25, 0.3) is 5.91 Å². The maximum atomic E-state index is 14.5. The molecule has 2 aromatic carbocycles. The van der Waals surface area contributed by atoms with E-state index in [4.69, 9.17) is 9.47 Å². The summed E-state index contributed by atoms with van der Waals surface area (Å²) in [6.45, 7) is 0. The van der Waals surface area contributed by atoms with E-state index in [1.165, 1.54) is 16.8 Å². The molecular formula is C22H17FN4O3. The standard InChI is InChI=1S/C22H17FN4O3/c1-29-16-6-8-17(9-7-16)30-22-19(4-2-11-24-22)26-21(28)15-5-10-20(18(23)14-15)27-13-3-12-25-27/h2-14H,1H3,(H,26,28). The molecular weight excluding hydrogens is 387 g/mol. The number of carbonyl (C=O) groups excluding carboxylic acids is 1. The maximum Gasteiger partial charge on any atom is 0.255 e. The lowest BCUT2D eigenvalue weighted by molar-refractivity contribution is 0.102. The van der Waals surface area contributed by atoms with E-state index in [0.29, 0.717) is 17.2 Å². The number of pyridine rings is 1. The fourth-order valence-corrected chi connectivity index (χ4v) is 2.76. The highest BCUT2D eigenvalue weighted by molar-refractivity contribution is 6.05. The molecule has 2 aromatic heterocycles. The SMILES string of the molecule is COc1ccc(Oc2ncccc2NC(=O)c2ccc(-n3cccn3)c(F)c2)cc1. The zero-order chi connectivity index (χ0) is 20.9. The van der Waals surface area contributed by atoms with Crippen LogP contribution in [0.4, 0.5) is 10.1 Å². The van der Waals surface area contributed by atoms with Gasteiger partial charge in [0, 0.05) is 24.2 Å². The first kappa shape index (κ1) is 19.1. The Labute approximate surface area is 171 Å². The molecule has 0 aliphatic heterocycles. The van der Waals surface area contributed by atoms with E-state index in [9.17, 15) is 9.18 Å². The number of amides is 1. The van der Waals surface area contributed by atoms with Gasteiger partial charge in [-0.25, -0.2) is 14.1 Å². The number of rotatable bonds is 6. The molecule has 0 aliphatic rings. The average Bonchev–Trinajstić information content (AvgIpc) is 3.30. The van der Waals surface area contributed by atoms with Gasteiger partial charge in [0.1, 0.15) is 28.7 Å². The summed E-state index contributed by atoms with van der Waals surface area (Å²) in [6.07, 6.45) is 4.72. The van der Waals surface area contributed by atoms with E-state index < -0.39 is 11.7 Å². The molecule has 1 N–H and O–H groups in total. The smallest absolute Gasteiger partial charge is 0.255 e. The van der Waals surface area contributed by atoms with E-state index in [2.05, 4.69) is 15.4 Å². The summed E-state index contributed by atoms with van der Waals surface area (Å²) in [7, 11) is 1.58. The largest absolute Gasteiger partial charge is 0.497 e. The number of anilines is 1. The third-order valence-electron chi connectivity index (χ3n) is 4.25. The van der Waals surface area contributed by atoms with E-state index in [0.717, 1.165) is 6.07 Å². The summed E-state index contributed by atoms with van der Waals surface area (Å²) in [6, 6.07) is 16.1. The van der Waals surface area contributed by atoms with Crippen LogP contribution in [-0.2, 0) is 0 Å². The molecule has 0 bridgehead atoms. The van der Waals surface area contributed by atoms with Crippen molar-refractivity contribution in [3.8, 4) is 23.1 Å². The molecule has 4 rings (SSSR count). The van der Waals surface area contributed by atoms with Crippen LogP contribution in [0.25, 0.3) is 5.69 Å². The maximum absolute atomic E-state index is 14.5. The zero-order valence-corrected chi connectivity index (χ0v) is 15.9. The monoisotopic (exact) mass is 404 g/mol. The van der Waals surface area contributed by atoms with Crippen LogP contribution in [0.3, 0.4) is 0 Å². The van der Waals surface area contributed by atoms with Gasteiger partial charge in [-0.2, -0.15) is 5.10 Å². The van der Waals surface area contributed by atoms with Gasteiger partial charge in [-0.3, -0.25) is 4.79 Å². The zero-order valence-electron chi connectivity index (χ0n) is 15.9. The van der Waals surface area contributed by atoms with Crippen molar-refractivity contribution in [2.75, 3.05) is 12.4 Å². The van der Waals surface area contributed by atoms with Crippen molar-refractivity contribution in [2.45, 2.75) is 0 Å². The molecule has 1 amide bonds. The molecule has 2 heterocycles. The lowest BCUT2D eigenvalue weighted by Gasteiger charge is -2.12. The molecule has 0 unspecified atom stereocenters. The van der Waals surface area contributed by atoms with Crippen LogP contribution in [0, 0.1) is 5.82 Å². The van der Waals surface area contributed by atoms with E-state index in [1.54, 1.807) is 68.2 Å². The number of aromatic nitrogens is 3. The summed E-state index contributed by atoms with van der Waals surface area (Å²) >= 11 is 0. The van der Waals surface area contributed by atoms with Crippen LogP contribution in [0.1, 0.15) is 10.4 Å². The van der Waals surface area contributed by atoms with Crippen molar-refractivity contribution in [1.29, 1.82) is 0 Å². The number of benzene rings is 2. The van der Waals surface area contributed by atoms with Gasteiger partial charge in [0.2, 0.25) is 5.88 Å². The highest BCUT2D eigenvalue weighted by Gasteiger charge is 2.14. The highest BCUT2D eigenvalue weighted by atomic mass is 19.1. The van der Waals surface area contributed by atoms with E-state index in [-0.39, 0.29) is 17.1 Å². The van der Waals surface area contributed by atoms with Gasteiger partial charge in [-0.15, -0.1) is 0 Å². The molecule has 0 radical (unpaired) electrons. The predicted octanol–water partition coefficient (Wildman–Crippen LogP) is 4.46. The number of hydrogen-bond donors (Lipinski definition) is 1. The van der Waals surface area contributed by atoms with Crippen molar-refractivity contribution >= 4 is 11.6 Å². The van der Waals surface area contributed by atoms with E-state index in [1.807, 2.05) is 0 Å². The number of hydrogen-bond acceptors (Lipinski definition) is 5. The summed E-state index contributed by atoms with van der Waals surface area (Å²) in [4.78, 5) is 16.8. The number of methoxy groups -OCH3 is 1. The van der Waals surface area contributed by atoms with Crippen LogP contribution in [0.5, 0.6) is 17.4 Å². The Morgan fingerprint density at radius 3 is 2.53 bits per heavy atom. The first-order valence-electron chi connectivity index (χ1n) is 9.02. The normalized spacial score (nSPS) is 10.5. The summed E-state index contributed by atoms with van der Waals surface area (Å²) in [5, 5.41) is 6.71. The first-order valence-corrected chi connectivity index (χ1v) is 9.02. The number of ether oxygens (including phenoxy) is 2. The molecule has 0 saturated carbocycles. The quantitative estimate of drug-likeness (QED) is 0.513. The fourth-order valence-electron chi connectivity index (χ4n) is 2.76. The Morgan fingerprint density at radius 1 is 1.03 bits per heavy atom. The Morgan fingerprint density at radius 2 is 1.83 bits per heavy atom. The molecule has 0 aliphatic carbocycles. The van der Waals surface area contributed by atoms with Crippen LogP contribution in [0.15, 0.2) is 79.3 Å². The van der Waals surface area contributed by atoms with Crippen LogP contribution < -0.4 is 14.8 Å². The number of nitrogens with zero attached hydrogens (tertiary/aromatic N) is 3. The number of halogens is 1. The summed E-state index contributed by atoms with van der Waals surface area (Å²) in [5.74, 6) is 0.377. The van der Waals surface area contributed by atoms with E-state index >= 15 is 0 Å². The minimum atomic E-state index is -0.563. The molecule has 30 heavy (non-hydrogen) atoms. The van der Waals surface area contributed by atoms with Crippen molar-refractivity contribution in [1.82, 2.24) is 14.8 Å². The Hall–Kier alpha value is -4.20. The molecule has 7 nitrogen and oxygen atoms in total. The third kappa shape index (κ3) is 4.12.